The standard InChI is InChI=1S/C19H25NO3/c21-16-3-1-14(2-4-16)18-7-9-19(13-18,10-8-18)17(22)20-15-5-11-23-12-6-15/h1-4,15,21H,5-13H2,(H,20,22). The van der Waals surface area contributed by atoms with Gasteiger partial charge in [-0.05, 0) is 68.1 Å². The van der Waals surface area contributed by atoms with Gasteiger partial charge in [-0.25, -0.2) is 0 Å². The number of benzene rings is 1. The van der Waals surface area contributed by atoms with Crippen molar-refractivity contribution in [3.8, 4) is 5.75 Å². The van der Waals surface area contributed by atoms with Crippen LogP contribution in [0.4, 0.5) is 0 Å². The lowest BCUT2D eigenvalue weighted by molar-refractivity contribution is -0.132. The predicted octanol–water partition coefficient (Wildman–Crippen LogP) is 2.89. The molecule has 23 heavy (non-hydrogen) atoms. The van der Waals surface area contributed by atoms with Crippen LogP contribution in [0.15, 0.2) is 24.3 Å². The minimum atomic E-state index is -0.170. The highest BCUT2D eigenvalue weighted by molar-refractivity contribution is 5.84. The topological polar surface area (TPSA) is 58.6 Å². The average molecular weight is 315 g/mol. The first-order chi connectivity index (χ1) is 11.1. The molecular formula is C19H25NO3. The maximum Gasteiger partial charge on any atom is 0.226 e. The Morgan fingerprint density at radius 2 is 1.74 bits per heavy atom. The molecule has 1 aliphatic heterocycles. The number of carbonyl (C=O) groups excluding carboxylic acids is 1. The molecule has 1 heterocycles. The van der Waals surface area contributed by atoms with Gasteiger partial charge < -0.3 is 15.2 Å². The van der Waals surface area contributed by atoms with Crippen LogP contribution in [0.5, 0.6) is 5.75 Å². The largest absolute Gasteiger partial charge is 0.508 e. The monoisotopic (exact) mass is 315 g/mol. The van der Waals surface area contributed by atoms with Gasteiger partial charge in [0.1, 0.15) is 5.75 Å². The highest BCUT2D eigenvalue weighted by Crippen LogP contribution is 2.62. The third kappa shape index (κ3) is 2.53. The maximum absolute atomic E-state index is 12.9. The molecule has 1 aromatic rings. The number of rotatable bonds is 3. The fourth-order valence-electron chi connectivity index (χ4n) is 4.90. The summed E-state index contributed by atoms with van der Waals surface area (Å²) < 4.78 is 5.38. The van der Waals surface area contributed by atoms with Crippen LogP contribution in [0.1, 0.15) is 50.5 Å². The summed E-state index contributed by atoms with van der Waals surface area (Å²) >= 11 is 0. The van der Waals surface area contributed by atoms with Crippen molar-refractivity contribution in [1.29, 1.82) is 0 Å². The molecule has 4 heteroatoms. The van der Waals surface area contributed by atoms with E-state index in [2.05, 4.69) is 5.32 Å². The molecule has 124 valence electrons. The van der Waals surface area contributed by atoms with Crippen LogP contribution in [0.3, 0.4) is 0 Å². The van der Waals surface area contributed by atoms with Gasteiger partial charge in [0.15, 0.2) is 0 Å². The molecule has 2 saturated carbocycles. The molecule has 0 radical (unpaired) electrons. The van der Waals surface area contributed by atoms with Gasteiger partial charge >= 0.3 is 0 Å². The molecule has 2 N–H and O–H groups in total. The van der Waals surface area contributed by atoms with Crippen molar-refractivity contribution in [3.05, 3.63) is 29.8 Å². The quantitative estimate of drug-likeness (QED) is 0.902. The summed E-state index contributed by atoms with van der Waals surface area (Å²) in [7, 11) is 0. The van der Waals surface area contributed by atoms with Crippen molar-refractivity contribution in [2.24, 2.45) is 5.41 Å². The zero-order valence-electron chi connectivity index (χ0n) is 13.5. The number of hydrogen-bond acceptors (Lipinski definition) is 3. The lowest BCUT2D eigenvalue weighted by atomic mass is 9.77. The minimum absolute atomic E-state index is 0.140. The molecule has 0 aromatic heterocycles. The SMILES string of the molecule is O=C(NC1CCOCC1)C12CCC(c3ccc(O)cc3)(CC1)C2. The van der Waals surface area contributed by atoms with Gasteiger partial charge in [-0.3, -0.25) is 4.79 Å². The van der Waals surface area contributed by atoms with Crippen LogP contribution in [-0.2, 0) is 14.9 Å². The van der Waals surface area contributed by atoms with Crippen LogP contribution in [0, 0.1) is 5.41 Å². The van der Waals surface area contributed by atoms with Crippen LogP contribution in [0.2, 0.25) is 0 Å². The highest BCUT2D eigenvalue weighted by Gasteiger charge is 2.58. The number of carbonyl (C=O) groups is 1. The van der Waals surface area contributed by atoms with E-state index in [1.165, 1.54) is 5.56 Å². The van der Waals surface area contributed by atoms with Crippen molar-refractivity contribution in [2.45, 2.75) is 56.4 Å². The zero-order chi connectivity index (χ0) is 15.9. The van der Waals surface area contributed by atoms with E-state index >= 15 is 0 Å². The zero-order valence-corrected chi connectivity index (χ0v) is 13.5. The number of aromatic hydroxyl groups is 1. The van der Waals surface area contributed by atoms with Gasteiger partial charge in [0.25, 0.3) is 0 Å². The van der Waals surface area contributed by atoms with Crippen molar-refractivity contribution in [1.82, 2.24) is 5.32 Å². The second-order valence-corrected chi connectivity index (χ2v) is 7.64. The normalized spacial score (nSPS) is 33.7. The number of nitrogens with one attached hydrogen (secondary N) is 1. The van der Waals surface area contributed by atoms with Gasteiger partial charge in [0.05, 0.1) is 5.41 Å². The lowest BCUT2D eigenvalue weighted by Gasteiger charge is -2.30. The number of amides is 1. The Kier molecular flexibility index (Phi) is 3.60. The summed E-state index contributed by atoms with van der Waals surface area (Å²) in [6, 6.07) is 7.89. The van der Waals surface area contributed by atoms with Crippen molar-refractivity contribution >= 4 is 5.91 Å². The van der Waals surface area contributed by atoms with Crippen molar-refractivity contribution in [2.75, 3.05) is 13.2 Å². The molecule has 1 amide bonds. The minimum Gasteiger partial charge on any atom is -0.508 e. The summed E-state index contributed by atoms with van der Waals surface area (Å²) in [4.78, 5) is 12.9. The van der Waals surface area contributed by atoms with E-state index in [1.54, 1.807) is 12.1 Å². The van der Waals surface area contributed by atoms with E-state index in [4.69, 9.17) is 4.74 Å². The first-order valence-electron chi connectivity index (χ1n) is 8.80. The first-order valence-corrected chi connectivity index (χ1v) is 8.80. The third-order valence-corrected chi connectivity index (χ3v) is 6.36. The Labute approximate surface area is 137 Å². The Morgan fingerprint density at radius 3 is 2.39 bits per heavy atom. The highest BCUT2D eigenvalue weighted by atomic mass is 16.5. The molecule has 3 aliphatic rings. The van der Waals surface area contributed by atoms with Crippen LogP contribution in [0.25, 0.3) is 0 Å². The molecule has 0 spiro atoms. The maximum atomic E-state index is 12.9. The number of phenols is 1. The van der Waals surface area contributed by atoms with E-state index in [9.17, 15) is 9.90 Å². The van der Waals surface area contributed by atoms with Gasteiger partial charge in [-0.2, -0.15) is 0 Å². The molecule has 3 fully saturated rings. The Balaban J connectivity index is 1.49. The fourth-order valence-corrected chi connectivity index (χ4v) is 4.90. The molecule has 0 unspecified atom stereocenters. The van der Waals surface area contributed by atoms with Gasteiger partial charge in [-0.1, -0.05) is 12.1 Å². The number of fused-ring (bicyclic) bond motifs is 2. The van der Waals surface area contributed by atoms with Gasteiger partial charge in [0, 0.05) is 19.3 Å². The van der Waals surface area contributed by atoms with Gasteiger partial charge in [-0.15, -0.1) is 0 Å². The smallest absolute Gasteiger partial charge is 0.226 e. The molecule has 1 aromatic carbocycles. The lowest BCUT2D eigenvalue weighted by Crippen LogP contribution is -2.45. The van der Waals surface area contributed by atoms with Crippen molar-refractivity contribution < 1.29 is 14.6 Å². The molecular weight excluding hydrogens is 290 g/mol. The summed E-state index contributed by atoms with van der Waals surface area (Å²) in [5.74, 6) is 0.576. The number of hydrogen-bond donors (Lipinski definition) is 2. The Morgan fingerprint density at radius 1 is 1.09 bits per heavy atom. The fraction of sp³-hybridized carbons (Fsp3) is 0.632. The molecule has 4 nitrogen and oxygen atoms in total. The van der Waals surface area contributed by atoms with Crippen molar-refractivity contribution in [3.63, 3.8) is 0 Å². The van der Waals surface area contributed by atoms with Crippen LogP contribution >= 0.6 is 0 Å². The Hall–Kier alpha value is -1.55. The van der Waals surface area contributed by atoms with E-state index in [-0.39, 0.29) is 22.8 Å². The van der Waals surface area contributed by atoms with E-state index in [0.717, 1.165) is 58.2 Å². The predicted molar refractivity (Wildman–Crippen MR) is 87.3 cm³/mol. The second-order valence-electron chi connectivity index (χ2n) is 7.64. The molecule has 2 bridgehead atoms. The third-order valence-electron chi connectivity index (χ3n) is 6.36. The van der Waals surface area contributed by atoms with Crippen LogP contribution < -0.4 is 5.32 Å². The van der Waals surface area contributed by atoms with E-state index < -0.39 is 0 Å². The molecule has 2 aliphatic carbocycles. The summed E-state index contributed by atoms with van der Waals surface area (Å²) in [5, 5.41) is 12.8. The van der Waals surface area contributed by atoms with E-state index in [0.29, 0.717) is 5.75 Å². The first kappa shape index (κ1) is 15.0. The molecule has 1 saturated heterocycles. The molecule has 4 rings (SSSR count). The van der Waals surface area contributed by atoms with Gasteiger partial charge in [0.2, 0.25) is 5.91 Å². The number of ether oxygens (including phenoxy) is 1. The second kappa shape index (κ2) is 5.52. The summed E-state index contributed by atoms with van der Waals surface area (Å²) in [6.07, 6.45) is 6.97. The summed E-state index contributed by atoms with van der Waals surface area (Å²) in [5.41, 5.74) is 1.25. The molecule has 0 atom stereocenters. The number of phenolic OH excluding ortho intramolecular Hbond substituents is 1. The van der Waals surface area contributed by atoms with Crippen LogP contribution in [-0.4, -0.2) is 30.3 Å². The average Bonchev–Trinajstić information content (AvgIpc) is 3.15. The van der Waals surface area contributed by atoms with E-state index in [1.807, 2.05) is 12.1 Å². The Bertz CT molecular complexity index is 581. The summed E-state index contributed by atoms with van der Waals surface area (Å²) in [6.45, 7) is 1.52.